The fourth-order valence-corrected chi connectivity index (χ4v) is 2.04. The Morgan fingerprint density at radius 1 is 1.29 bits per heavy atom. The van der Waals surface area contributed by atoms with Gasteiger partial charge in [0.05, 0.1) is 5.52 Å². The van der Waals surface area contributed by atoms with Crippen LogP contribution >= 0.6 is 15.9 Å². The van der Waals surface area contributed by atoms with Crippen molar-refractivity contribution in [3.8, 4) is 0 Å². The van der Waals surface area contributed by atoms with Crippen molar-refractivity contribution in [2.24, 2.45) is 0 Å². The Morgan fingerprint density at radius 3 is 2.86 bits per heavy atom. The van der Waals surface area contributed by atoms with Crippen molar-refractivity contribution in [3.05, 3.63) is 41.6 Å². The van der Waals surface area contributed by atoms with E-state index in [0.29, 0.717) is 0 Å². The molecule has 0 aliphatic heterocycles. The fraction of sp³-hybridized carbons (Fsp3) is 0.250. The first-order chi connectivity index (χ1) is 6.81. The summed E-state index contributed by atoms with van der Waals surface area (Å²) in [4.78, 5) is 4.57. The predicted octanol–water partition coefficient (Wildman–Crippen LogP) is 3.48. The quantitative estimate of drug-likeness (QED) is 0.743. The zero-order chi connectivity index (χ0) is 9.97. The molecular formula is C12H12BrN. The van der Waals surface area contributed by atoms with Crippen molar-refractivity contribution >= 4 is 26.8 Å². The summed E-state index contributed by atoms with van der Waals surface area (Å²) >= 11 is 3.46. The maximum Gasteiger partial charge on any atom is 0.0705 e. The third kappa shape index (κ3) is 1.80. The van der Waals surface area contributed by atoms with Gasteiger partial charge in [-0.2, -0.15) is 0 Å². The van der Waals surface area contributed by atoms with Gasteiger partial charge in [-0.1, -0.05) is 34.1 Å². The Balaban J connectivity index is 2.59. The lowest BCUT2D eigenvalue weighted by Gasteiger charge is -2.05. The number of hydrogen-bond acceptors (Lipinski definition) is 1. The van der Waals surface area contributed by atoms with Crippen LogP contribution in [0.2, 0.25) is 0 Å². The van der Waals surface area contributed by atoms with Crippen molar-refractivity contribution in [3.63, 3.8) is 0 Å². The molecule has 0 bridgehead atoms. The molecule has 0 amide bonds. The molecule has 2 rings (SSSR count). The molecule has 2 heteroatoms. The molecule has 72 valence electrons. The lowest BCUT2D eigenvalue weighted by molar-refractivity contribution is 1.09. The third-order valence-electron chi connectivity index (χ3n) is 2.38. The summed E-state index contributed by atoms with van der Waals surface area (Å²) in [6.45, 7) is 2.07. The number of hydrogen-bond donors (Lipinski definition) is 0. The molecular weight excluding hydrogens is 238 g/mol. The van der Waals surface area contributed by atoms with Crippen LogP contribution in [0.1, 0.15) is 11.3 Å². The molecule has 1 heterocycles. The number of aromatic nitrogens is 1. The summed E-state index contributed by atoms with van der Waals surface area (Å²) in [5.41, 5.74) is 3.56. The van der Waals surface area contributed by atoms with E-state index in [-0.39, 0.29) is 0 Å². The Labute approximate surface area is 92.3 Å². The number of rotatable bonds is 2. The highest BCUT2D eigenvalue weighted by atomic mass is 79.9. The van der Waals surface area contributed by atoms with Gasteiger partial charge in [0.1, 0.15) is 0 Å². The first-order valence-electron chi connectivity index (χ1n) is 4.72. The summed E-state index contributed by atoms with van der Waals surface area (Å²) in [5, 5.41) is 2.22. The standard InChI is InChI=1S/C12H12BrN/c1-9-10(6-7-13)8-11-4-2-3-5-12(11)14-9/h2-5,8H,6-7H2,1H3. The number of pyridine rings is 1. The maximum atomic E-state index is 4.57. The van der Waals surface area contributed by atoms with Crippen molar-refractivity contribution in [2.45, 2.75) is 13.3 Å². The normalized spacial score (nSPS) is 10.7. The zero-order valence-electron chi connectivity index (χ0n) is 8.13. The molecule has 1 aromatic carbocycles. The Hall–Kier alpha value is -0.890. The smallest absolute Gasteiger partial charge is 0.0705 e. The van der Waals surface area contributed by atoms with Gasteiger partial charge in [-0.3, -0.25) is 4.98 Å². The molecule has 0 saturated carbocycles. The molecule has 0 unspecified atom stereocenters. The fourth-order valence-electron chi connectivity index (χ4n) is 1.61. The zero-order valence-corrected chi connectivity index (χ0v) is 9.71. The van der Waals surface area contributed by atoms with Crippen LogP contribution in [0.15, 0.2) is 30.3 Å². The number of para-hydroxylation sites is 1. The molecule has 0 aliphatic carbocycles. The topological polar surface area (TPSA) is 12.9 Å². The van der Waals surface area contributed by atoms with E-state index >= 15 is 0 Å². The highest BCUT2D eigenvalue weighted by Crippen LogP contribution is 2.16. The van der Waals surface area contributed by atoms with Crippen LogP contribution in [-0.2, 0) is 6.42 Å². The molecule has 0 aliphatic rings. The van der Waals surface area contributed by atoms with Gasteiger partial charge in [0.25, 0.3) is 0 Å². The number of halogens is 1. The molecule has 14 heavy (non-hydrogen) atoms. The molecule has 0 radical (unpaired) electrons. The third-order valence-corrected chi connectivity index (χ3v) is 2.78. The SMILES string of the molecule is Cc1nc2ccccc2cc1CCBr. The molecule has 0 N–H and O–H groups in total. The van der Waals surface area contributed by atoms with Crippen LogP contribution in [0.4, 0.5) is 0 Å². The molecule has 1 aromatic heterocycles. The van der Waals surface area contributed by atoms with E-state index < -0.39 is 0 Å². The van der Waals surface area contributed by atoms with Gasteiger partial charge >= 0.3 is 0 Å². The monoisotopic (exact) mass is 249 g/mol. The predicted molar refractivity (Wildman–Crippen MR) is 64.0 cm³/mol. The lowest BCUT2D eigenvalue weighted by Crippen LogP contribution is -1.94. The van der Waals surface area contributed by atoms with Gasteiger partial charge in [-0.05, 0) is 31.0 Å². The lowest BCUT2D eigenvalue weighted by atomic mass is 10.1. The molecule has 0 fully saturated rings. The van der Waals surface area contributed by atoms with Crippen molar-refractivity contribution < 1.29 is 0 Å². The minimum Gasteiger partial charge on any atom is -0.253 e. The average Bonchev–Trinajstić information content (AvgIpc) is 2.19. The van der Waals surface area contributed by atoms with Crippen LogP contribution in [0.3, 0.4) is 0 Å². The Kier molecular flexibility index (Phi) is 2.82. The molecule has 0 atom stereocenters. The van der Waals surface area contributed by atoms with Crippen LogP contribution in [0, 0.1) is 6.92 Å². The van der Waals surface area contributed by atoms with Crippen LogP contribution in [0.5, 0.6) is 0 Å². The number of nitrogens with zero attached hydrogens (tertiary/aromatic N) is 1. The van der Waals surface area contributed by atoms with E-state index in [1.165, 1.54) is 10.9 Å². The van der Waals surface area contributed by atoms with E-state index in [1.54, 1.807) is 0 Å². The largest absolute Gasteiger partial charge is 0.253 e. The van der Waals surface area contributed by atoms with Gasteiger partial charge in [-0.25, -0.2) is 0 Å². The van der Waals surface area contributed by atoms with E-state index in [1.807, 2.05) is 6.07 Å². The van der Waals surface area contributed by atoms with Gasteiger partial charge < -0.3 is 0 Å². The van der Waals surface area contributed by atoms with Crippen LogP contribution in [-0.4, -0.2) is 10.3 Å². The molecule has 0 saturated heterocycles. The number of alkyl halides is 1. The van der Waals surface area contributed by atoms with Crippen molar-refractivity contribution in [1.82, 2.24) is 4.98 Å². The highest BCUT2D eigenvalue weighted by molar-refractivity contribution is 9.09. The average molecular weight is 250 g/mol. The summed E-state index contributed by atoms with van der Waals surface area (Å²) in [7, 11) is 0. The van der Waals surface area contributed by atoms with E-state index in [4.69, 9.17) is 0 Å². The van der Waals surface area contributed by atoms with Crippen molar-refractivity contribution in [2.75, 3.05) is 5.33 Å². The Bertz CT molecular complexity index is 451. The number of benzene rings is 1. The van der Waals surface area contributed by atoms with Gasteiger partial charge in [0.2, 0.25) is 0 Å². The summed E-state index contributed by atoms with van der Waals surface area (Å²) in [6, 6.07) is 10.5. The van der Waals surface area contributed by atoms with Crippen LogP contribution < -0.4 is 0 Å². The molecule has 2 aromatic rings. The number of fused-ring (bicyclic) bond motifs is 1. The van der Waals surface area contributed by atoms with Gasteiger partial charge in [-0.15, -0.1) is 0 Å². The van der Waals surface area contributed by atoms with Crippen molar-refractivity contribution in [1.29, 1.82) is 0 Å². The summed E-state index contributed by atoms with van der Waals surface area (Å²) in [5.74, 6) is 0. The second-order valence-electron chi connectivity index (χ2n) is 3.36. The second-order valence-corrected chi connectivity index (χ2v) is 4.16. The van der Waals surface area contributed by atoms with E-state index in [9.17, 15) is 0 Å². The number of aryl methyl sites for hydroxylation is 2. The van der Waals surface area contributed by atoms with Gasteiger partial charge in [0.15, 0.2) is 0 Å². The summed E-state index contributed by atoms with van der Waals surface area (Å²) in [6.07, 6.45) is 1.05. The first kappa shape index (κ1) is 9.66. The minimum absolute atomic E-state index is 0.994. The molecule has 1 nitrogen and oxygen atoms in total. The first-order valence-corrected chi connectivity index (χ1v) is 5.84. The van der Waals surface area contributed by atoms with E-state index in [2.05, 4.69) is 52.1 Å². The Morgan fingerprint density at radius 2 is 2.07 bits per heavy atom. The molecule has 0 spiro atoms. The summed E-state index contributed by atoms with van der Waals surface area (Å²) < 4.78 is 0. The van der Waals surface area contributed by atoms with Crippen LogP contribution in [0.25, 0.3) is 10.9 Å². The van der Waals surface area contributed by atoms with Gasteiger partial charge in [0, 0.05) is 16.4 Å². The second kappa shape index (κ2) is 4.09. The highest BCUT2D eigenvalue weighted by Gasteiger charge is 2.01. The minimum atomic E-state index is 0.994. The van der Waals surface area contributed by atoms with E-state index in [0.717, 1.165) is 23.0 Å². The maximum absolute atomic E-state index is 4.57.